The first-order chi connectivity index (χ1) is 3.41. The second kappa shape index (κ2) is 5.63. The van der Waals surface area contributed by atoms with Crippen LogP contribution in [-0.4, -0.2) is 18.0 Å². The van der Waals surface area contributed by atoms with Gasteiger partial charge in [-0.1, -0.05) is 0 Å². The van der Waals surface area contributed by atoms with E-state index in [0.717, 1.165) is 6.29 Å². The van der Waals surface area contributed by atoms with E-state index in [4.69, 9.17) is 5.11 Å². The molecule has 1 radical (unpaired) electrons. The Labute approximate surface area is 43.2 Å². The predicted octanol–water partition coefficient (Wildman–Crippen LogP) is 0.162. The summed E-state index contributed by atoms with van der Waals surface area (Å²) < 4.78 is 0. The molecule has 0 heterocycles. The Balaban J connectivity index is 2.56. The van der Waals surface area contributed by atoms with Crippen molar-refractivity contribution in [3.8, 4) is 0 Å². The molecule has 2 nitrogen and oxygen atoms in total. The van der Waals surface area contributed by atoms with Crippen LogP contribution in [0.1, 0.15) is 12.8 Å². The number of aliphatic hydroxyl groups is 1. The Morgan fingerprint density at radius 3 is 2.71 bits per heavy atom. The summed E-state index contributed by atoms with van der Waals surface area (Å²) in [5, 5.41) is 8.15. The second-order valence-corrected chi connectivity index (χ2v) is 1.20. The van der Waals surface area contributed by atoms with Gasteiger partial charge in [0.15, 0.2) is 0 Å². The summed E-state index contributed by atoms with van der Waals surface area (Å²) in [5.74, 6) is 0. The van der Waals surface area contributed by atoms with E-state index in [1.54, 1.807) is 6.42 Å². The van der Waals surface area contributed by atoms with Crippen molar-refractivity contribution in [2.24, 2.45) is 0 Å². The maximum Gasteiger partial charge on any atom is 0.120 e. The summed E-state index contributed by atoms with van der Waals surface area (Å²) in [6.45, 7) is 0.147. The van der Waals surface area contributed by atoms with Crippen molar-refractivity contribution in [1.82, 2.24) is 0 Å². The lowest BCUT2D eigenvalue weighted by atomic mass is 10.3. The van der Waals surface area contributed by atoms with E-state index < -0.39 is 0 Å². The van der Waals surface area contributed by atoms with Gasteiger partial charge in [-0.05, 0) is 12.8 Å². The fourth-order valence-electron chi connectivity index (χ4n) is 0.277. The van der Waals surface area contributed by atoms with Crippen LogP contribution in [0.3, 0.4) is 0 Å². The molecule has 0 fully saturated rings. The highest BCUT2D eigenvalue weighted by Gasteiger charge is 1.81. The van der Waals surface area contributed by atoms with Gasteiger partial charge in [-0.25, -0.2) is 0 Å². The summed E-state index contributed by atoms with van der Waals surface area (Å²) in [6.07, 6.45) is 3.64. The quantitative estimate of drug-likeness (QED) is 0.404. The molecule has 0 saturated heterocycles. The Bertz CT molecular complexity index is 43.3. The number of aliphatic hydroxyl groups excluding tert-OH is 1. The average molecular weight is 101 g/mol. The third kappa shape index (κ3) is 5.63. The SMILES string of the molecule is O=CC[CH]CCO. The van der Waals surface area contributed by atoms with Crippen LogP contribution in [0.25, 0.3) is 0 Å². The summed E-state index contributed by atoms with van der Waals surface area (Å²) in [5.41, 5.74) is 0. The minimum Gasteiger partial charge on any atom is -0.396 e. The van der Waals surface area contributed by atoms with Crippen LogP contribution < -0.4 is 0 Å². The van der Waals surface area contributed by atoms with E-state index in [0.29, 0.717) is 12.8 Å². The summed E-state index contributed by atoms with van der Waals surface area (Å²) in [6, 6.07) is 0. The van der Waals surface area contributed by atoms with Crippen molar-refractivity contribution >= 4 is 6.29 Å². The molecule has 0 aromatic heterocycles. The van der Waals surface area contributed by atoms with E-state index in [-0.39, 0.29) is 6.61 Å². The molecule has 0 aliphatic rings. The van der Waals surface area contributed by atoms with Crippen LogP contribution in [0.5, 0.6) is 0 Å². The van der Waals surface area contributed by atoms with Crippen LogP contribution in [0.2, 0.25) is 0 Å². The Kier molecular flexibility index (Phi) is 5.33. The first-order valence-corrected chi connectivity index (χ1v) is 2.28. The molecule has 0 rings (SSSR count). The van der Waals surface area contributed by atoms with Crippen LogP contribution in [-0.2, 0) is 4.79 Å². The first-order valence-electron chi connectivity index (χ1n) is 2.28. The fourth-order valence-corrected chi connectivity index (χ4v) is 0.277. The second-order valence-electron chi connectivity index (χ2n) is 1.20. The standard InChI is InChI=1S/C5H9O2/c6-4-2-1-3-5-7/h1,4,7H,2-3,5H2. The van der Waals surface area contributed by atoms with Crippen molar-refractivity contribution < 1.29 is 9.90 Å². The van der Waals surface area contributed by atoms with Crippen molar-refractivity contribution in [1.29, 1.82) is 0 Å². The minimum atomic E-state index is 0.147. The van der Waals surface area contributed by atoms with E-state index in [2.05, 4.69) is 0 Å². The monoisotopic (exact) mass is 101 g/mol. The zero-order chi connectivity index (χ0) is 5.54. The predicted molar refractivity (Wildman–Crippen MR) is 26.7 cm³/mol. The molecule has 41 valence electrons. The highest BCUT2D eigenvalue weighted by atomic mass is 16.2. The maximum atomic E-state index is 9.57. The zero-order valence-electron chi connectivity index (χ0n) is 4.13. The topological polar surface area (TPSA) is 37.3 Å². The first kappa shape index (κ1) is 6.63. The highest BCUT2D eigenvalue weighted by Crippen LogP contribution is 1.86. The molecule has 0 atom stereocenters. The van der Waals surface area contributed by atoms with Crippen LogP contribution >= 0.6 is 0 Å². The van der Waals surface area contributed by atoms with Gasteiger partial charge >= 0.3 is 0 Å². The summed E-state index contributed by atoms with van der Waals surface area (Å²) >= 11 is 0. The van der Waals surface area contributed by atoms with Crippen molar-refractivity contribution in [2.75, 3.05) is 6.61 Å². The maximum absolute atomic E-state index is 9.57. The molecule has 1 N–H and O–H groups in total. The number of unbranched alkanes of at least 4 members (excludes halogenated alkanes) is 2. The summed E-state index contributed by atoms with van der Waals surface area (Å²) in [4.78, 5) is 9.57. The van der Waals surface area contributed by atoms with Crippen LogP contribution in [0.4, 0.5) is 0 Å². The molecular weight excluding hydrogens is 92.1 g/mol. The lowest BCUT2D eigenvalue weighted by Crippen LogP contribution is -1.83. The number of carbonyl (C=O) groups is 1. The Hall–Kier alpha value is -0.370. The molecule has 0 aliphatic carbocycles. The van der Waals surface area contributed by atoms with Gasteiger partial charge in [0.25, 0.3) is 0 Å². The van der Waals surface area contributed by atoms with Gasteiger partial charge in [0.05, 0.1) is 0 Å². The molecule has 0 aromatic carbocycles. The van der Waals surface area contributed by atoms with Gasteiger partial charge in [0.2, 0.25) is 0 Å². The highest BCUT2D eigenvalue weighted by molar-refractivity contribution is 5.50. The van der Waals surface area contributed by atoms with E-state index >= 15 is 0 Å². The van der Waals surface area contributed by atoms with Gasteiger partial charge in [0, 0.05) is 13.0 Å². The van der Waals surface area contributed by atoms with Crippen molar-refractivity contribution in [3.63, 3.8) is 0 Å². The van der Waals surface area contributed by atoms with E-state index in [1.165, 1.54) is 0 Å². The number of hydrogen-bond acceptors (Lipinski definition) is 2. The minimum absolute atomic E-state index is 0.147. The van der Waals surface area contributed by atoms with Gasteiger partial charge in [-0.2, -0.15) is 0 Å². The Morgan fingerprint density at radius 1 is 1.57 bits per heavy atom. The molecule has 0 aromatic rings. The molecule has 0 spiro atoms. The van der Waals surface area contributed by atoms with Crippen molar-refractivity contribution in [3.05, 3.63) is 6.42 Å². The van der Waals surface area contributed by atoms with E-state index in [1.807, 2.05) is 0 Å². The molecular formula is C5H9O2. The van der Waals surface area contributed by atoms with Gasteiger partial charge in [-0.3, -0.25) is 0 Å². The molecule has 0 bridgehead atoms. The smallest absolute Gasteiger partial charge is 0.120 e. The van der Waals surface area contributed by atoms with Crippen LogP contribution in [0, 0.1) is 6.42 Å². The lowest BCUT2D eigenvalue weighted by Gasteiger charge is -1.85. The summed E-state index contributed by atoms with van der Waals surface area (Å²) in [7, 11) is 0. The largest absolute Gasteiger partial charge is 0.396 e. The van der Waals surface area contributed by atoms with Crippen molar-refractivity contribution in [2.45, 2.75) is 12.8 Å². The third-order valence-corrected chi connectivity index (χ3v) is 0.596. The Morgan fingerprint density at radius 2 is 2.29 bits per heavy atom. The van der Waals surface area contributed by atoms with Gasteiger partial charge in [0.1, 0.15) is 6.29 Å². The molecule has 0 amide bonds. The van der Waals surface area contributed by atoms with E-state index in [9.17, 15) is 4.79 Å². The van der Waals surface area contributed by atoms with Crippen LogP contribution in [0.15, 0.2) is 0 Å². The number of carbonyl (C=O) groups excluding carboxylic acids is 1. The lowest BCUT2D eigenvalue weighted by molar-refractivity contribution is -0.107. The molecule has 2 heteroatoms. The number of aldehydes is 1. The normalized spacial score (nSPS) is 8.71. The number of rotatable bonds is 4. The van der Waals surface area contributed by atoms with Gasteiger partial charge in [-0.15, -0.1) is 0 Å². The van der Waals surface area contributed by atoms with Gasteiger partial charge < -0.3 is 9.90 Å². The molecule has 0 unspecified atom stereocenters. The fraction of sp³-hybridized carbons (Fsp3) is 0.600. The average Bonchev–Trinajstić information content (AvgIpc) is 1.69. The zero-order valence-corrected chi connectivity index (χ0v) is 4.13. The molecule has 0 saturated carbocycles. The third-order valence-electron chi connectivity index (χ3n) is 0.596. The number of hydrogen-bond donors (Lipinski definition) is 1. The molecule has 0 aliphatic heterocycles. The molecule has 7 heavy (non-hydrogen) atoms.